The predicted molar refractivity (Wildman–Crippen MR) is 77.0 cm³/mol. The highest BCUT2D eigenvalue weighted by atomic mass is 19.4. The zero-order valence-corrected chi connectivity index (χ0v) is 13.6. The molecule has 0 spiro atoms. The van der Waals surface area contributed by atoms with Gasteiger partial charge in [0, 0.05) is 0 Å². The van der Waals surface area contributed by atoms with Gasteiger partial charge in [-0.3, -0.25) is 0 Å². The van der Waals surface area contributed by atoms with E-state index in [4.69, 9.17) is 4.74 Å². The average Bonchev–Trinajstić information content (AvgIpc) is 2.45. The van der Waals surface area contributed by atoms with Gasteiger partial charge in [-0.15, -0.1) is 0 Å². The number of unbranched alkanes of at least 4 members (excludes halogenated alkanes) is 1. The predicted octanol–water partition coefficient (Wildman–Crippen LogP) is 5.30. The summed E-state index contributed by atoms with van der Waals surface area (Å²) in [5.41, 5.74) is -2.83. The summed E-state index contributed by atoms with van der Waals surface area (Å²) in [7, 11) is 0. The highest BCUT2D eigenvalue weighted by Gasteiger charge is 2.73. The molecule has 9 heteroatoms. The van der Waals surface area contributed by atoms with Crippen molar-refractivity contribution in [2.75, 3.05) is 6.61 Å². The summed E-state index contributed by atoms with van der Waals surface area (Å²) in [5, 5.41) is 10.0. The fourth-order valence-corrected chi connectivity index (χ4v) is 2.10. The monoisotopic (exact) mass is 376 g/mol. The van der Waals surface area contributed by atoms with Crippen LogP contribution in [-0.2, 0) is 5.60 Å². The maximum atomic E-state index is 13.5. The van der Waals surface area contributed by atoms with Crippen LogP contribution in [0.25, 0.3) is 0 Å². The summed E-state index contributed by atoms with van der Waals surface area (Å²) in [6.07, 6.45) is -6.86. The fraction of sp³-hybridized carbons (Fsp3) is 0.625. The minimum Gasteiger partial charge on any atom is -0.494 e. The number of rotatable bonds is 8. The van der Waals surface area contributed by atoms with Crippen molar-refractivity contribution in [2.45, 2.75) is 56.7 Å². The van der Waals surface area contributed by atoms with E-state index < -0.39 is 30.0 Å². The van der Waals surface area contributed by atoms with Crippen molar-refractivity contribution in [2.24, 2.45) is 0 Å². The topological polar surface area (TPSA) is 29.5 Å². The van der Waals surface area contributed by atoms with E-state index >= 15 is 0 Å². The number of halogens is 7. The van der Waals surface area contributed by atoms with E-state index in [1.165, 1.54) is 12.1 Å². The van der Waals surface area contributed by atoms with Crippen molar-refractivity contribution in [3.63, 3.8) is 0 Å². The molecule has 1 aromatic rings. The first-order valence-corrected chi connectivity index (χ1v) is 7.52. The van der Waals surface area contributed by atoms with Gasteiger partial charge in [0.25, 0.3) is 0 Å². The molecule has 144 valence electrons. The van der Waals surface area contributed by atoms with Gasteiger partial charge in [0.05, 0.1) is 18.6 Å². The summed E-state index contributed by atoms with van der Waals surface area (Å²) in [4.78, 5) is 0. The highest BCUT2D eigenvalue weighted by molar-refractivity contribution is 5.31. The fourth-order valence-electron chi connectivity index (χ4n) is 2.10. The van der Waals surface area contributed by atoms with Gasteiger partial charge in [0.2, 0.25) is 0 Å². The summed E-state index contributed by atoms with van der Waals surface area (Å²) in [6, 6.07) is 4.92. The normalized spacial score (nSPS) is 15.8. The summed E-state index contributed by atoms with van der Waals surface area (Å²) >= 11 is 0. The summed E-state index contributed by atoms with van der Waals surface area (Å²) in [6.45, 7) is 3.10. The second-order valence-electron chi connectivity index (χ2n) is 5.95. The number of hydrogen-bond acceptors (Lipinski definition) is 2. The largest absolute Gasteiger partial charge is 0.494 e. The van der Waals surface area contributed by atoms with Crippen LogP contribution in [-0.4, -0.2) is 29.7 Å². The third kappa shape index (κ3) is 4.99. The molecule has 0 aromatic heterocycles. The standard InChI is InChI=1S/C16H19F7O2/c1-3-4-9-25-12-7-5-11(6-8-12)13(2,24)10-14(17,18)15(19,20)16(21,22)23/h5-8,24H,3-4,9-10H2,1-2H3. The minimum atomic E-state index is -6.43. The van der Waals surface area contributed by atoms with Crippen LogP contribution in [0.2, 0.25) is 0 Å². The molecule has 1 unspecified atom stereocenters. The second kappa shape index (κ2) is 7.39. The van der Waals surface area contributed by atoms with Crippen molar-refractivity contribution in [3.8, 4) is 5.75 Å². The Labute approximate surface area is 140 Å². The maximum Gasteiger partial charge on any atom is 0.459 e. The lowest BCUT2D eigenvalue weighted by Crippen LogP contribution is -2.54. The Morgan fingerprint density at radius 3 is 1.92 bits per heavy atom. The van der Waals surface area contributed by atoms with Crippen LogP contribution in [0.3, 0.4) is 0 Å². The third-order valence-electron chi connectivity index (χ3n) is 3.62. The maximum absolute atomic E-state index is 13.5. The Morgan fingerprint density at radius 2 is 1.48 bits per heavy atom. The van der Waals surface area contributed by atoms with Crippen molar-refractivity contribution in [3.05, 3.63) is 29.8 Å². The second-order valence-corrected chi connectivity index (χ2v) is 5.95. The number of ether oxygens (including phenoxy) is 1. The van der Waals surface area contributed by atoms with Crippen LogP contribution in [0, 0.1) is 0 Å². The van der Waals surface area contributed by atoms with Gasteiger partial charge in [-0.1, -0.05) is 25.5 Å². The third-order valence-corrected chi connectivity index (χ3v) is 3.62. The quantitative estimate of drug-likeness (QED) is 0.493. The van der Waals surface area contributed by atoms with Gasteiger partial charge >= 0.3 is 18.0 Å². The molecule has 25 heavy (non-hydrogen) atoms. The van der Waals surface area contributed by atoms with Crippen molar-refractivity contribution < 1.29 is 40.6 Å². The molecule has 1 rings (SSSR count). The average molecular weight is 376 g/mol. The van der Waals surface area contributed by atoms with Gasteiger partial charge in [0.15, 0.2) is 0 Å². The van der Waals surface area contributed by atoms with Crippen LogP contribution in [0.5, 0.6) is 5.75 Å². The van der Waals surface area contributed by atoms with Gasteiger partial charge in [0.1, 0.15) is 5.75 Å². The molecule has 0 saturated heterocycles. The van der Waals surface area contributed by atoms with Crippen LogP contribution in [0.4, 0.5) is 30.7 Å². The van der Waals surface area contributed by atoms with Crippen molar-refractivity contribution in [1.82, 2.24) is 0 Å². The Balaban J connectivity index is 2.93. The zero-order chi connectivity index (χ0) is 19.5. The molecule has 2 nitrogen and oxygen atoms in total. The van der Waals surface area contributed by atoms with Gasteiger partial charge in [-0.05, 0) is 31.0 Å². The molecular formula is C16H19F7O2. The molecular weight excluding hydrogens is 357 g/mol. The molecule has 1 atom stereocenters. The Bertz CT molecular complexity index is 551. The summed E-state index contributed by atoms with van der Waals surface area (Å²) in [5.74, 6) is -11.4. The molecule has 0 aliphatic carbocycles. The molecule has 0 aliphatic rings. The van der Waals surface area contributed by atoms with Crippen molar-refractivity contribution in [1.29, 1.82) is 0 Å². The molecule has 0 amide bonds. The highest BCUT2D eigenvalue weighted by Crippen LogP contribution is 2.50. The number of hydrogen-bond donors (Lipinski definition) is 1. The molecule has 1 N–H and O–H groups in total. The van der Waals surface area contributed by atoms with E-state index in [1.807, 2.05) is 6.92 Å². The van der Waals surface area contributed by atoms with E-state index in [0.717, 1.165) is 31.9 Å². The first-order valence-electron chi connectivity index (χ1n) is 7.52. The summed E-state index contributed by atoms with van der Waals surface area (Å²) < 4.78 is 94.8. The molecule has 1 aromatic carbocycles. The lowest BCUT2D eigenvalue weighted by Gasteiger charge is -2.34. The Hall–Kier alpha value is -1.51. The van der Waals surface area contributed by atoms with Gasteiger partial charge in [-0.2, -0.15) is 30.7 Å². The van der Waals surface area contributed by atoms with E-state index in [0.29, 0.717) is 12.4 Å². The van der Waals surface area contributed by atoms with E-state index in [9.17, 15) is 35.8 Å². The smallest absolute Gasteiger partial charge is 0.459 e. The molecule has 0 bridgehead atoms. The van der Waals surface area contributed by atoms with Crippen LogP contribution in [0.15, 0.2) is 24.3 Å². The van der Waals surface area contributed by atoms with Crippen molar-refractivity contribution >= 4 is 0 Å². The lowest BCUT2D eigenvalue weighted by molar-refractivity contribution is -0.361. The van der Waals surface area contributed by atoms with Crippen LogP contribution < -0.4 is 4.74 Å². The minimum absolute atomic E-state index is 0.229. The first kappa shape index (κ1) is 21.5. The van der Waals surface area contributed by atoms with E-state index in [-0.39, 0.29) is 5.56 Å². The number of aliphatic hydroxyl groups is 1. The SMILES string of the molecule is CCCCOc1ccc(C(C)(O)CC(F)(F)C(F)(F)C(F)(F)F)cc1. The molecule has 0 saturated carbocycles. The zero-order valence-electron chi connectivity index (χ0n) is 13.6. The number of alkyl halides is 7. The molecule has 0 heterocycles. The van der Waals surface area contributed by atoms with Gasteiger partial charge in [-0.25, -0.2) is 0 Å². The van der Waals surface area contributed by atoms with Gasteiger partial charge < -0.3 is 9.84 Å². The van der Waals surface area contributed by atoms with Crippen LogP contribution >= 0.6 is 0 Å². The van der Waals surface area contributed by atoms with E-state index in [1.54, 1.807) is 0 Å². The number of benzene rings is 1. The Morgan fingerprint density at radius 1 is 0.960 bits per heavy atom. The molecule has 0 radical (unpaired) electrons. The lowest BCUT2D eigenvalue weighted by atomic mass is 9.87. The first-order chi connectivity index (χ1) is 11.2. The van der Waals surface area contributed by atoms with Crippen LogP contribution in [0.1, 0.15) is 38.7 Å². The molecule has 0 aliphatic heterocycles. The molecule has 0 fully saturated rings. The van der Waals surface area contributed by atoms with E-state index in [2.05, 4.69) is 0 Å². The Kier molecular flexibility index (Phi) is 6.36.